The third-order valence-corrected chi connectivity index (χ3v) is 4.54. The van der Waals surface area contributed by atoms with Crippen molar-refractivity contribution in [3.8, 4) is 5.75 Å². The van der Waals surface area contributed by atoms with E-state index in [4.69, 9.17) is 16.3 Å². The lowest BCUT2D eigenvalue weighted by molar-refractivity contribution is 0.0318. The number of benzene rings is 1. The van der Waals surface area contributed by atoms with E-state index in [0.717, 1.165) is 37.4 Å². The zero-order valence-electron chi connectivity index (χ0n) is 13.1. The maximum Gasteiger partial charge on any atom is 0.226 e. The Morgan fingerprint density at radius 1 is 1.21 bits per heavy atom. The van der Waals surface area contributed by atoms with Crippen molar-refractivity contribution >= 4 is 28.9 Å². The molecule has 1 saturated heterocycles. The molecule has 1 aromatic carbocycles. The van der Waals surface area contributed by atoms with Gasteiger partial charge in [0.05, 0.1) is 10.7 Å². The number of ether oxygens (including phenoxy) is 1. The highest BCUT2D eigenvalue weighted by molar-refractivity contribution is 6.30. The minimum absolute atomic E-state index is 0.562. The van der Waals surface area contributed by atoms with E-state index in [1.807, 2.05) is 18.2 Å². The third kappa shape index (κ3) is 2.98. The van der Waals surface area contributed by atoms with Gasteiger partial charge >= 0.3 is 0 Å². The van der Waals surface area contributed by atoms with E-state index in [9.17, 15) is 5.11 Å². The fourth-order valence-corrected chi connectivity index (χ4v) is 3.15. The van der Waals surface area contributed by atoms with Crippen molar-refractivity contribution in [1.82, 2.24) is 10.3 Å². The molecule has 2 aliphatic rings. The molecule has 0 amide bonds. The first-order valence-corrected chi connectivity index (χ1v) is 8.36. The minimum Gasteiger partial charge on any atom is -0.460 e. The van der Waals surface area contributed by atoms with E-state index in [1.54, 1.807) is 18.3 Å². The molecule has 124 valence electrons. The highest BCUT2D eigenvalue weighted by Crippen LogP contribution is 2.35. The molecule has 0 radical (unpaired) electrons. The molecule has 1 unspecified atom stereocenters. The average Bonchev–Trinajstić information content (AvgIpc) is 2.62. The summed E-state index contributed by atoms with van der Waals surface area (Å²) >= 11 is 5.87. The number of nitrogens with zero attached hydrogens (tertiary/aromatic N) is 2. The van der Waals surface area contributed by atoms with Gasteiger partial charge in [0.15, 0.2) is 0 Å². The van der Waals surface area contributed by atoms with Crippen LogP contribution < -0.4 is 15.0 Å². The number of anilines is 1. The van der Waals surface area contributed by atoms with Crippen LogP contribution >= 0.6 is 11.6 Å². The smallest absolute Gasteiger partial charge is 0.226 e. The van der Waals surface area contributed by atoms with Crippen LogP contribution in [0.4, 0.5) is 5.69 Å². The number of fused-ring (bicyclic) bond motifs is 1. The third-order valence-electron chi connectivity index (χ3n) is 4.32. The second-order valence-corrected chi connectivity index (χ2v) is 6.33. The highest BCUT2D eigenvalue weighted by Gasteiger charge is 2.23. The van der Waals surface area contributed by atoms with Gasteiger partial charge in [0.2, 0.25) is 6.29 Å². The van der Waals surface area contributed by atoms with Gasteiger partial charge in [0.25, 0.3) is 0 Å². The van der Waals surface area contributed by atoms with Crippen molar-refractivity contribution in [2.24, 2.45) is 0 Å². The predicted octanol–water partition coefficient (Wildman–Crippen LogP) is 2.40. The normalized spacial score (nSPS) is 20.2. The number of piperazine rings is 1. The fraction of sp³-hybridized carbons (Fsp3) is 0.278. The molecule has 0 saturated carbocycles. The largest absolute Gasteiger partial charge is 0.460 e. The lowest BCUT2D eigenvalue weighted by atomic mass is 10.0. The van der Waals surface area contributed by atoms with Crippen LogP contribution in [0.3, 0.4) is 0 Å². The average molecular weight is 344 g/mol. The summed E-state index contributed by atoms with van der Waals surface area (Å²) in [6.07, 6.45) is 2.44. The summed E-state index contributed by atoms with van der Waals surface area (Å²) in [5.74, 6) is 0.691. The Morgan fingerprint density at radius 2 is 2.04 bits per heavy atom. The number of aliphatic hydroxyl groups is 1. The van der Waals surface area contributed by atoms with Gasteiger partial charge in [-0.15, -0.1) is 0 Å². The zero-order valence-corrected chi connectivity index (χ0v) is 13.8. The summed E-state index contributed by atoms with van der Waals surface area (Å²) in [5.41, 5.74) is 3.34. The number of hydrogen-bond donors (Lipinski definition) is 2. The molecule has 0 spiro atoms. The van der Waals surface area contributed by atoms with E-state index in [0.29, 0.717) is 22.0 Å². The molecule has 24 heavy (non-hydrogen) atoms. The SMILES string of the molecule is OC1Oc2cc(N3CCNCC3)ccc2C=C1c1ccc(Cl)cn1. The number of nitrogens with one attached hydrogen (secondary N) is 1. The molecule has 2 aliphatic heterocycles. The Kier molecular flexibility index (Phi) is 4.14. The first-order valence-electron chi connectivity index (χ1n) is 7.99. The highest BCUT2D eigenvalue weighted by atomic mass is 35.5. The molecule has 0 bridgehead atoms. The molecule has 3 heterocycles. The molecular formula is C18H18ClN3O2. The van der Waals surface area contributed by atoms with Crippen LogP contribution in [0, 0.1) is 0 Å². The van der Waals surface area contributed by atoms with Gasteiger partial charge in [-0.25, -0.2) is 0 Å². The summed E-state index contributed by atoms with van der Waals surface area (Å²) in [5, 5.41) is 14.3. The molecule has 1 aromatic heterocycles. The van der Waals surface area contributed by atoms with Gasteiger partial charge in [0, 0.05) is 55.3 Å². The summed E-state index contributed by atoms with van der Waals surface area (Å²) in [7, 11) is 0. The standard InChI is InChI=1S/C18H18ClN3O2/c19-13-2-4-16(21-11-13)15-9-12-1-3-14(10-17(12)24-18(15)23)22-7-5-20-6-8-22/h1-4,9-11,18,20,23H,5-8H2. The molecule has 2 N–H and O–H groups in total. The van der Waals surface area contributed by atoms with Gasteiger partial charge in [-0.1, -0.05) is 11.6 Å². The number of aliphatic hydroxyl groups excluding tert-OH is 1. The summed E-state index contributed by atoms with van der Waals surface area (Å²) in [4.78, 5) is 6.57. The first-order chi connectivity index (χ1) is 11.7. The van der Waals surface area contributed by atoms with E-state index in [1.165, 1.54) is 0 Å². The van der Waals surface area contributed by atoms with Crippen LogP contribution in [0.25, 0.3) is 11.6 Å². The lowest BCUT2D eigenvalue weighted by Gasteiger charge is -2.31. The second-order valence-electron chi connectivity index (χ2n) is 5.89. The topological polar surface area (TPSA) is 57.6 Å². The van der Waals surface area contributed by atoms with Crippen molar-refractivity contribution in [2.75, 3.05) is 31.1 Å². The van der Waals surface area contributed by atoms with Gasteiger partial charge in [-0.05, 0) is 30.3 Å². The molecule has 6 heteroatoms. The van der Waals surface area contributed by atoms with Crippen LogP contribution in [-0.4, -0.2) is 42.6 Å². The Labute approximate surface area is 145 Å². The summed E-state index contributed by atoms with van der Waals surface area (Å²) in [6.45, 7) is 3.90. The van der Waals surface area contributed by atoms with Crippen molar-refractivity contribution in [2.45, 2.75) is 6.29 Å². The van der Waals surface area contributed by atoms with Gasteiger partial charge < -0.3 is 20.1 Å². The van der Waals surface area contributed by atoms with Crippen LogP contribution in [-0.2, 0) is 0 Å². The van der Waals surface area contributed by atoms with Gasteiger partial charge in [-0.2, -0.15) is 0 Å². The predicted molar refractivity (Wildman–Crippen MR) is 95.3 cm³/mol. The fourth-order valence-electron chi connectivity index (χ4n) is 3.03. The maximum atomic E-state index is 10.4. The Bertz CT molecular complexity index is 770. The van der Waals surface area contributed by atoms with Crippen LogP contribution in [0.1, 0.15) is 11.3 Å². The van der Waals surface area contributed by atoms with Crippen molar-refractivity contribution in [3.05, 3.63) is 52.8 Å². The van der Waals surface area contributed by atoms with Crippen LogP contribution in [0.2, 0.25) is 5.02 Å². The minimum atomic E-state index is -1.04. The van der Waals surface area contributed by atoms with Gasteiger partial charge in [-0.3, -0.25) is 4.98 Å². The van der Waals surface area contributed by atoms with Crippen molar-refractivity contribution in [3.63, 3.8) is 0 Å². The zero-order chi connectivity index (χ0) is 16.5. The molecule has 2 aromatic rings. The lowest BCUT2D eigenvalue weighted by Crippen LogP contribution is -2.43. The summed E-state index contributed by atoms with van der Waals surface area (Å²) < 4.78 is 5.73. The number of pyridine rings is 1. The quantitative estimate of drug-likeness (QED) is 0.877. The maximum absolute atomic E-state index is 10.4. The van der Waals surface area contributed by atoms with Crippen molar-refractivity contribution in [1.29, 1.82) is 0 Å². The van der Waals surface area contributed by atoms with Gasteiger partial charge in [0.1, 0.15) is 5.75 Å². The van der Waals surface area contributed by atoms with E-state index < -0.39 is 6.29 Å². The molecule has 4 rings (SSSR count). The second kappa shape index (κ2) is 6.43. The Hall–Kier alpha value is -2.08. The molecule has 0 aliphatic carbocycles. The van der Waals surface area contributed by atoms with Crippen LogP contribution in [0.5, 0.6) is 5.75 Å². The molecule has 5 nitrogen and oxygen atoms in total. The number of hydrogen-bond acceptors (Lipinski definition) is 5. The van der Waals surface area contributed by atoms with E-state index in [2.05, 4.69) is 21.3 Å². The van der Waals surface area contributed by atoms with Crippen molar-refractivity contribution < 1.29 is 9.84 Å². The number of aromatic nitrogens is 1. The molecule has 1 atom stereocenters. The Morgan fingerprint density at radius 3 is 2.79 bits per heavy atom. The Balaban J connectivity index is 1.65. The van der Waals surface area contributed by atoms with E-state index in [-0.39, 0.29) is 0 Å². The van der Waals surface area contributed by atoms with E-state index >= 15 is 0 Å². The first kappa shape index (κ1) is 15.4. The number of rotatable bonds is 2. The molecular weight excluding hydrogens is 326 g/mol. The van der Waals surface area contributed by atoms with Crippen LogP contribution in [0.15, 0.2) is 36.5 Å². The summed E-state index contributed by atoms with van der Waals surface area (Å²) in [6, 6.07) is 9.64. The number of halogens is 1. The molecule has 1 fully saturated rings. The monoisotopic (exact) mass is 343 g/mol.